The summed E-state index contributed by atoms with van der Waals surface area (Å²) in [6, 6.07) is 0.399. The fraction of sp³-hybridized carbons (Fsp3) is 0.812. The van der Waals surface area contributed by atoms with Crippen LogP contribution in [0.25, 0.3) is 0 Å². The van der Waals surface area contributed by atoms with E-state index in [4.69, 9.17) is 4.98 Å². The van der Waals surface area contributed by atoms with Crippen molar-refractivity contribution in [1.29, 1.82) is 0 Å². The first kappa shape index (κ1) is 15.0. The highest BCUT2D eigenvalue weighted by molar-refractivity contribution is 7.09. The van der Waals surface area contributed by atoms with Crippen LogP contribution in [0.4, 0.5) is 0 Å². The van der Waals surface area contributed by atoms with Gasteiger partial charge in [0.2, 0.25) is 0 Å². The average molecular weight is 280 g/mol. The van der Waals surface area contributed by atoms with E-state index in [9.17, 15) is 0 Å². The summed E-state index contributed by atoms with van der Waals surface area (Å²) < 4.78 is 0. The Morgan fingerprint density at radius 2 is 2.26 bits per heavy atom. The lowest BCUT2D eigenvalue weighted by Gasteiger charge is -2.27. The van der Waals surface area contributed by atoms with Gasteiger partial charge in [-0.15, -0.1) is 11.3 Å². The summed E-state index contributed by atoms with van der Waals surface area (Å²) in [4.78, 5) is 4.91. The zero-order chi connectivity index (χ0) is 13.7. The molecule has 1 aliphatic rings. The molecule has 3 atom stereocenters. The fourth-order valence-corrected chi connectivity index (χ4v) is 4.10. The van der Waals surface area contributed by atoms with Crippen LogP contribution in [0.15, 0.2) is 5.38 Å². The molecule has 1 aliphatic carbocycles. The van der Waals surface area contributed by atoms with Crippen molar-refractivity contribution in [2.45, 2.75) is 71.3 Å². The molecule has 1 N–H and O–H groups in total. The van der Waals surface area contributed by atoms with Crippen molar-refractivity contribution < 1.29 is 0 Å². The minimum absolute atomic E-state index is 0.399. The number of hydrogen-bond donors (Lipinski definition) is 1. The van der Waals surface area contributed by atoms with Crippen molar-refractivity contribution in [2.24, 2.45) is 5.92 Å². The van der Waals surface area contributed by atoms with Gasteiger partial charge in [-0.25, -0.2) is 4.98 Å². The highest BCUT2D eigenvalue weighted by atomic mass is 32.1. The standard InChI is InChI=1S/C16H28N2S/c1-4-9-17-12(3)15-11-19-16(18-15)14-8-6-7-13(5-2)10-14/h11-14,17H,4-10H2,1-3H3. The van der Waals surface area contributed by atoms with Crippen molar-refractivity contribution >= 4 is 11.3 Å². The third kappa shape index (κ3) is 4.03. The third-order valence-electron chi connectivity index (χ3n) is 4.39. The number of hydrogen-bond acceptors (Lipinski definition) is 3. The van der Waals surface area contributed by atoms with Gasteiger partial charge >= 0.3 is 0 Å². The van der Waals surface area contributed by atoms with Gasteiger partial charge < -0.3 is 5.32 Å². The second-order valence-corrected chi connectivity index (χ2v) is 6.81. The summed E-state index contributed by atoms with van der Waals surface area (Å²) >= 11 is 1.88. The molecular weight excluding hydrogens is 252 g/mol. The molecule has 2 nitrogen and oxygen atoms in total. The van der Waals surface area contributed by atoms with Gasteiger partial charge in [0.1, 0.15) is 0 Å². The maximum absolute atomic E-state index is 4.91. The summed E-state index contributed by atoms with van der Waals surface area (Å²) in [5.74, 6) is 1.66. The summed E-state index contributed by atoms with van der Waals surface area (Å²) in [7, 11) is 0. The Balaban J connectivity index is 1.96. The molecule has 1 aromatic rings. The quantitative estimate of drug-likeness (QED) is 0.802. The van der Waals surface area contributed by atoms with E-state index in [0.29, 0.717) is 6.04 Å². The Kier molecular flexibility index (Phi) is 5.83. The summed E-state index contributed by atoms with van der Waals surface area (Å²) in [5, 5.41) is 7.18. The lowest BCUT2D eigenvalue weighted by molar-refractivity contribution is 0.313. The van der Waals surface area contributed by atoms with Crippen LogP contribution >= 0.6 is 11.3 Å². The molecule has 1 saturated carbocycles. The molecule has 1 heterocycles. The molecule has 0 aliphatic heterocycles. The van der Waals surface area contributed by atoms with Crippen LogP contribution in [0.1, 0.15) is 82.0 Å². The number of nitrogens with one attached hydrogen (secondary N) is 1. The SMILES string of the molecule is CCCNC(C)c1csc(C2CCCC(CC)C2)n1. The minimum Gasteiger partial charge on any atom is -0.309 e. The van der Waals surface area contributed by atoms with E-state index in [-0.39, 0.29) is 0 Å². The van der Waals surface area contributed by atoms with Crippen molar-refractivity contribution in [2.75, 3.05) is 6.54 Å². The lowest BCUT2D eigenvalue weighted by atomic mass is 9.80. The van der Waals surface area contributed by atoms with Crippen LogP contribution in [0.2, 0.25) is 0 Å². The van der Waals surface area contributed by atoms with E-state index in [1.807, 2.05) is 11.3 Å². The maximum atomic E-state index is 4.91. The summed E-state index contributed by atoms with van der Waals surface area (Å²) in [5.41, 5.74) is 1.24. The lowest BCUT2D eigenvalue weighted by Crippen LogP contribution is -2.19. The Bertz CT molecular complexity index is 375. The van der Waals surface area contributed by atoms with Gasteiger partial charge in [0.05, 0.1) is 10.7 Å². The molecule has 0 spiro atoms. The molecule has 0 bridgehead atoms. The van der Waals surface area contributed by atoms with Crippen LogP contribution < -0.4 is 5.32 Å². The minimum atomic E-state index is 0.399. The van der Waals surface area contributed by atoms with Gasteiger partial charge in [-0.05, 0) is 38.6 Å². The Labute approximate surface area is 122 Å². The third-order valence-corrected chi connectivity index (χ3v) is 5.42. The molecular formula is C16H28N2S. The Morgan fingerprint density at radius 1 is 1.42 bits per heavy atom. The second-order valence-electron chi connectivity index (χ2n) is 5.92. The molecule has 0 aromatic carbocycles. The number of aromatic nitrogens is 1. The highest BCUT2D eigenvalue weighted by Gasteiger charge is 2.24. The van der Waals surface area contributed by atoms with Gasteiger partial charge in [0.15, 0.2) is 0 Å². The molecule has 0 amide bonds. The van der Waals surface area contributed by atoms with Crippen LogP contribution in [0, 0.1) is 5.92 Å². The number of rotatable bonds is 6. The number of nitrogens with zero attached hydrogens (tertiary/aromatic N) is 1. The summed E-state index contributed by atoms with van der Waals surface area (Å²) in [6.07, 6.45) is 8.05. The van der Waals surface area contributed by atoms with Gasteiger partial charge in [0, 0.05) is 17.3 Å². The van der Waals surface area contributed by atoms with Crippen molar-refractivity contribution in [1.82, 2.24) is 10.3 Å². The molecule has 19 heavy (non-hydrogen) atoms. The van der Waals surface area contributed by atoms with E-state index in [2.05, 4.69) is 31.5 Å². The Hall–Kier alpha value is -0.410. The predicted octanol–water partition coefficient (Wildman–Crippen LogP) is 4.89. The predicted molar refractivity (Wildman–Crippen MR) is 83.8 cm³/mol. The molecule has 0 saturated heterocycles. The maximum Gasteiger partial charge on any atom is 0.0960 e. The van der Waals surface area contributed by atoms with Crippen LogP contribution in [-0.2, 0) is 0 Å². The van der Waals surface area contributed by atoms with Gasteiger partial charge in [-0.2, -0.15) is 0 Å². The highest BCUT2D eigenvalue weighted by Crippen LogP contribution is 2.38. The van der Waals surface area contributed by atoms with Crippen LogP contribution in [0.3, 0.4) is 0 Å². The molecule has 3 heteroatoms. The van der Waals surface area contributed by atoms with E-state index < -0.39 is 0 Å². The van der Waals surface area contributed by atoms with E-state index in [0.717, 1.165) is 18.4 Å². The topological polar surface area (TPSA) is 24.9 Å². The van der Waals surface area contributed by atoms with E-state index in [1.54, 1.807) is 0 Å². The zero-order valence-corrected chi connectivity index (χ0v) is 13.4. The fourth-order valence-electron chi connectivity index (χ4n) is 3.04. The first-order chi connectivity index (χ1) is 9.24. The molecule has 1 aromatic heterocycles. The monoisotopic (exact) mass is 280 g/mol. The van der Waals surface area contributed by atoms with Crippen molar-refractivity contribution in [3.8, 4) is 0 Å². The van der Waals surface area contributed by atoms with Crippen LogP contribution in [-0.4, -0.2) is 11.5 Å². The van der Waals surface area contributed by atoms with Gasteiger partial charge in [-0.3, -0.25) is 0 Å². The zero-order valence-electron chi connectivity index (χ0n) is 12.6. The first-order valence-corrected chi connectivity index (χ1v) is 8.81. The van der Waals surface area contributed by atoms with E-state index >= 15 is 0 Å². The Morgan fingerprint density at radius 3 is 3.00 bits per heavy atom. The average Bonchev–Trinajstić information content (AvgIpc) is 2.94. The molecule has 2 rings (SSSR count). The van der Waals surface area contributed by atoms with Crippen molar-refractivity contribution in [3.63, 3.8) is 0 Å². The smallest absolute Gasteiger partial charge is 0.0960 e. The largest absolute Gasteiger partial charge is 0.309 e. The second kappa shape index (κ2) is 7.39. The van der Waals surface area contributed by atoms with Crippen molar-refractivity contribution in [3.05, 3.63) is 16.1 Å². The molecule has 0 radical (unpaired) electrons. The van der Waals surface area contributed by atoms with Gasteiger partial charge in [0.25, 0.3) is 0 Å². The normalized spacial score (nSPS) is 25.4. The number of thiazole rings is 1. The van der Waals surface area contributed by atoms with Gasteiger partial charge in [-0.1, -0.05) is 33.1 Å². The van der Waals surface area contributed by atoms with E-state index in [1.165, 1.54) is 49.2 Å². The molecule has 1 fully saturated rings. The summed E-state index contributed by atoms with van der Waals surface area (Å²) in [6.45, 7) is 7.84. The van der Waals surface area contributed by atoms with Crippen LogP contribution in [0.5, 0.6) is 0 Å². The molecule has 3 unspecified atom stereocenters. The molecule has 108 valence electrons. The first-order valence-electron chi connectivity index (χ1n) is 7.93.